The molecule has 0 atom stereocenters. The largest absolute Gasteiger partial charge is 0.340 e. The summed E-state index contributed by atoms with van der Waals surface area (Å²) in [6.45, 7) is 2.66. The van der Waals surface area contributed by atoms with Gasteiger partial charge in [-0.15, -0.1) is 11.3 Å². The van der Waals surface area contributed by atoms with Crippen LogP contribution in [0.1, 0.15) is 17.7 Å². The number of hydrogen-bond donors (Lipinski definition) is 1. The van der Waals surface area contributed by atoms with E-state index in [1.165, 1.54) is 4.88 Å². The number of nitrogens with one attached hydrogen (secondary N) is 1. The van der Waals surface area contributed by atoms with Gasteiger partial charge in [0.2, 0.25) is 5.91 Å². The van der Waals surface area contributed by atoms with Crippen LogP contribution in [-0.4, -0.2) is 30.9 Å². The number of hydrogen-bond acceptors (Lipinski definition) is 3. The van der Waals surface area contributed by atoms with E-state index in [1.807, 2.05) is 18.0 Å². The average molecular weight is 317 g/mol. The van der Waals surface area contributed by atoms with Crippen LogP contribution >= 0.6 is 27.3 Å². The van der Waals surface area contributed by atoms with Crippen LogP contribution in [0.25, 0.3) is 0 Å². The third-order valence-corrected chi connectivity index (χ3v) is 4.69. The topological polar surface area (TPSA) is 32.3 Å². The molecule has 94 valence electrons. The third kappa shape index (κ3) is 3.53. The summed E-state index contributed by atoms with van der Waals surface area (Å²) in [5, 5.41) is 3.29. The van der Waals surface area contributed by atoms with Gasteiger partial charge in [0.1, 0.15) is 0 Å². The molecule has 0 bridgehead atoms. The van der Waals surface area contributed by atoms with Gasteiger partial charge in [-0.1, -0.05) is 0 Å². The maximum absolute atomic E-state index is 12.2. The van der Waals surface area contributed by atoms with Crippen LogP contribution in [0.5, 0.6) is 0 Å². The monoisotopic (exact) mass is 316 g/mol. The highest BCUT2D eigenvalue weighted by atomic mass is 79.9. The molecule has 0 radical (unpaired) electrons. The number of carbonyl (C=O) groups is 1. The smallest absolute Gasteiger partial charge is 0.225 e. The summed E-state index contributed by atoms with van der Waals surface area (Å²) in [6, 6.07) is 4.10. The Bertz CT molecular complexity index is 388. The van der Waals surface area contributed by atoms with Gasteiger partial charge in [0.25, 0.3) is 0 Å². The summed E-state index contributed by atoms with van der Waals surface area (Å²) >= 11 is 5.13. The fourth-order valence-electron chi connectivity index (χ4n) is 2.13. The molecule has 1 aromatic heterocycles. The lowest BCUT2D eigenvalue weighted by atomic mass is 9.97. The number of thiophene rings is 1. The van der Waals surface area contributed by atoms with Crippen LogP contribution in [0.15, 0.2) is 15.9 Å². The van der Waals surface area contributed by atoms with E-state index < -0.39 is 0 Å². The van der Waals surface area contributed by atoms with Gasteiger partial charge >= 0.3 is 0 Å². The molecule has 0 spiro atoms. The van der Waals surface area contributed by atoms with Crippen molar-refractivity contribution in [2.75, 3.05) is 20.1 Å². The quantitative estimate of drug-likeness (QED) is 0.929. The molecular formula is C12H17BrN2OS. The first-order chi connectivity index (χ1) is 8.16. The Morgan fingerprint density at radius 2 is 2.24 bits per heavy atom. The van der Waals surface area contributed by atoms with Crippen molar-refractivity contribution in [3.63, 3.8) is 0 Å². The molecule has 1 N–H and O–H groups in total. The van der Waals surface area contributed by atoms with Crippen molar-refractivity contribution in [2.24, 2.45) is 5.92 Å². The van der Waals surface area contributed by atoms with E-state index >= 15 is 0 Å². The number of carbonyl (C=O) groups excluding carboxylic acids is 1. The first kappa shape index (κ1) is 13.1. The zero-order chi connectivity index (χ0) is 12.3. The molecule has 2 rings (SSSR count). The Morgan fingerprint density at radius 3 is 2.82 bits per heavy atom. The van der Waals surface area contributed by atoms with Crippen LogP contribution in [0.2, 0.25) is 0 Å². The van der Waals surface area contributed by atoms with Crippen LogP contribution in [-0.2, 0) is 11.3 Å². The zero-order valence-electron chi connectivity index (χ0n) is 9.91. The van der Waals surface area contributed by atoms with Gasteiger partial charge < -0.3 is 10.2 Å². The summed E-state index contributed by atoms with van der Waals surface area (Å²) in [5.74, 6) is 0.501. The lowest BCUT2D eigenvalue weighted by Crippen LogP contribution is -2.38. The predicted octanol–water partition coefficient (Wildman–Crippen LogP) is 2.47. The molecular weight excluding hydrogens is 300 g/mol. The first-order valence-electron chi connectivity index (χ1n) is 5.86. The van der Waals surface area contributed by atoms with Crippen molar-refractivity contribution in [1.29, 1.82) is 0 Å². The van der Waals surface area contributed by atoms with E-state index in [0.717, 1.165) is 36.3 Å². The number of amides is 1. The second kappa shape index (κ2) is 5.98. The molecule has 1 aromatic rings. The maximum atomic E-state index is 12.2. The predicted molar refractivity (Wildman–Crippen MR) is 74.1 cm³/mol. The Kier molecular flexibility index (Phi) is 4.59. The van der Waals surface area contributed by atoms with Crippen LogP contribution in [0.3, 0.4) is 0 Å². The molecule has 0 aliphatic carbocycles. The van der Waals surface area contributed by atoms with Crippen molar-refractivity contribution >= 4 is 33.2 Å². The molecule has 2 heterocycles. The van der Waals surface area contributed by atoms with Crippen molar-refractivity contribution < 1.29 is 4.79 Å². The van der Waals surface area contributed by atoms with E-state index in [4.69, 9.17) is 0 Å². The maximum Gasteiger partial charge on any atom is 0.225 e. The molecule has 1 amide bonds. The van der Waals surface area contributed by atoms with Crippen LogP contribution in [0.4, 0.5) is 0 Å². The summed E-state index contributed by atoms with van der Waals surface area (Å²) in [5.41, 5.74) is 0. The van der Waals surface area contributed by atoms with Crippen LogP contribution in [0, 0.1) is 5.92 Å². The second-order valence-corrected chi connectivity index (χ2v) is 6.97. The van der Waals surface area contributed by atoms with Crippen molar-refractivity contribution in [3.05, 3.63) is 20.8 Å². The Hall–Kier alpha value is -0.390. The fraction of sp³-hybridized carbons (Fsp3) is 0.583. The van der Waals surface area contributed by atoms with Gasteiger partial charge in [-0.2, -0.15) is 0 Å². The summed E-state index contributed by atoms with van der Waals surface area (Å²) < 4.78 is 1.12. The van der Waals surface area contributed by atoms with Gasteiger partial charge in [0.15, 0.2) is 0 Å². The molecule has 0 unspecified atom stereocenters. The number of rotatable bonds is 3. The SMILES string of the molecule is CN(Cc1ccc(Br)s1)C(=O)C1CCNCC1. The highest BCUT2D eigenvalue weighted by molar-refractivity contribution is 9.11. The van der Waals surface area contributed by atoms with Crippen molar-refractivity contribution in [2.45, 2.75) is 19.4 Å². The normalized spacial score (nSPS) is 17.1. The minimum absolute atomic E-state index is 0.213. The molecule has 1 fully saturated rings. The molecule has 1 aliphatic heterocycles. The highest BCUT2D eigenvalue weighted by Crippen LogP contribution is 2.24. The molecule has 17 heavy (non-hydrogen) atoms. The zero-order valence-corrected chi connectivity index (χ0v) is 12.3. The molecule has 0 saturated carbocycles. The molecule has 5 heteroatoms. The molecule has 1 aliphatic rings. The molecule has 0 aromatic carbocycles. The van der Waals surface area contributed by atoms with Crippen molar-refractivity contribution in [3.8, 4) is 0 Å². The lowest BCUT2D eigenvalue weighted by molar-refractivity contribution is -0.135. The Morgan fingerprint density at radius 1 is 1.53 bits per heavy atom. The second-order valence-electron chi connectivity index (χ2n) is 4.42. The van der Waals surface area contributed by atoms with E-state index in [1.54, 1.807) is 11.3 Å². The summed E-state index contributed by atoms with van der Waals surface area (Å²) in [7, 11) is 1.90. The number of nitrogens with zero attached hydrogens (tertiary/aromatic N) is 1. The van der Waals surface area contributed by atoms with Gasteiger partial charge in [-0.25, -0.2) is 0 Å². The van der Waals surface area contributed by atoms with Crippen LogP contribution < -0.4 is 5.32 Å². The molecule has 3 nitrogen and oxygen atoms in total. The summed E-state index contributed by atoms with van der Waals surface area (Å²) in [6.07, 6.45) is 1.94. The van der Waals surface area contributed by atoms with E-state index in [-0.39, 0.29) is 11.8 Å². The van der Waals surface area contributed by atoms with Gasteiger partial charge in [-0.3, -0.25) is 4.79 Å². The van der Waals surface area contributed by atoms with Gasteiger partial charge in [0, 0.05) is 17.8 Å². The Labute approximate surface area is 114 Å². The summed E-state index contributed by atoms with van der Waals surface area (Å²) in [4.78, 5) is 15.3. The average Bonchev–Trinajstić information content (AvgIpc) is 2.75. The minimum atomic E-state index is 0.213. The fourth-order valence-corrected chi connectivity index (χ4v) is 3.67. The van der Waals surface area contributed by atoms with Gasteiger partial charge in [0.05, 0.1) is 10.3 Å². The number of piperidine rings is 1. The third-order valence-electron chi connectivity index (χ3n) is 3.09. The van der Waals surface area contributed by atoms with Crippen molar-refractivity contribution in [1.82, 2.24) is 10.2 Å². The number of halogens is 1. The minimum Gasteiger partial charge on any atom is -0.340 e. The molecule has 1 saturated heterocycles. The van der Waals surface area contributed by atoms with E-state index in [9.17, 15) is 4.79 Å². The van der Waals surface area contributed by atoms with Gasteiger partial charge in [-0.05, 0) is 54.0 Å². The Balaban J connectivity index is 1.90. The van der Waals surface area contributed by atoms with E-state index in [0.29, 0.717) is 0 Å². The lowest BCUT2D eigenvalue weighted by Gasteiger charge is -2.26. The first-order valence-corrected chi connectivity index (χ1v) is 7.47. The highest BCUT2D eigenvalue weighted by Gasteiger charge is 2.23. The standard InChI is InChI=1S/C12H17BrN2OS/c1-15(8-10-2-3-11(13)17-10)12(16)9-4-6-14-7-5-9/h2-3,9,14H,4-8H2,1H3. The van der Waals surface area contributed by atoms with E-state index in [2.05, 4.69) is 27.3 Å².